The van der Waals surface area contributed by atoms with Crippen molar-refractivity contribution >= 4 is 34.9 Å². The van der Waals surface area contributed by atoms with Gasteiger partial charge in [0, 0.05) is 36.2 Å². The number of nitrogen functional groups attached to an aromatic ring is 1. The minimum Gasteiger partial charge on any atom is -0.507 e. The van der Waals surface area contributed by atoms with Crippen molar-refractivity contribution in [1.29, 1.82) is 0 Å². The van der Waals surface area contributed by atoms with Crippen molar-refractivity contribution < 1.29 is 24.6 Å². The molecule has 268 valence electrons. The van der Waals surface area contributed by atoms with Crippen LogP contribution < -0.4 is 16.4 Å². The normalized spacial score (nSPS) is 16.4. The number of hydrogen-bond acceptors (Lipinski definition) is 10. The standard InChI is InChI=1S/C39H41N7O5S/c1-22-33(52-21-42-22)25-11-9-23(10-12-25)19-41-37(50)31-17-27(47)20-46(31)38(51)34(39(2,3)4)43-36(49)26-15-13-24(14-16-26)29-18-30(44-45-35(29)40)28-7-5-6-8-32(28)48/h5-16,18,21,27,31,34,47-48H,17,19-20H2,1-4H3,(H2,40,45)(H,41,50)(H,43,49)/t27-,31+,34-/m1/s1. The van der Waals surface area contributed by atoms with Crippen LogP contribution in [0.5, 0.6) is 5.75 Å². The number of aryl methyl sites for hydroxylation is 1. The molecule has 1 aliphatic heterocycles. The molecule has 0 spiro atoms. The van der Waals surface area contributed by atoms with Crippen LogP contribution in [-0.4, -0.2) is 72.7 Å². The number of thiazole rings is 1. The maximum absolute atomic E-state index is 14.1. The number of nitrogens with zero attached hydrogens (tertiary/aromatic N) is 4. The highest BCUT2D eigenvalue weighted by atomic mass is 32.1. The summed E-state index contributed by atoms with van der Waals surface area (Å²) >= 11 is 1.57. The van der Waals surface area contributed by atoms with Crippen molar-refractivity contribution in [3.8, 4) is 38.6 Å². The predicted octanol–water partition coefficient (Wildman–Crippen LogP) is 4.95. The fourth-order valence-electron chi connectivity index (χ4n) is 6.25. The maximum Gasteiger partial charge on any atom is 0.251 e. The van der Waals surface area contributed by atoms with E-state index < -0.39 is 35.4 Å². The molecule has 12 nitrogen and oxygen atoms in total. The molecule has 3 amide bonds. The molecule has 1 fully saturated rings. The van der Waals surface area contributed by atoms with E-state index in [0.29, 0.717) is 27.9 Å². The number of aliphatic hydroxyl groups excluding tert-OH is 1. The molecule has 1 saturated heterocycles. The first-order valence-corrected chi connectivity index (χ1v) is 17.8. The smallest absolute Gasteiger partial charge is 0.251 e. The molecule has 1 aliphatic rings. The number of aromatic nitrogens is 3. The Bertz CT molecular complexity index is 2090. The SMILES string of the molecule is Cc1ncsc1-c1ccc(CNC(=O)[C@@H]2C[C@@H](O)CN2C(=O)[C@@H](NC(=O)c2ccc(-c3cc(-c4ccccc4O)nnc3N)cc2)C(C)(C)C)cc1. The van der Waals surface area contributed by atoms with Crippen LogP contribution in [0.25, 0.3) is 32.8 Å². The number of nitrogens with two attached hydrogens (primary N) is 1. The average molecular weight is 720 g/mol. The molecule has 13 heteroatoms. The molecule has 0 aliphatic carbocycles. The summed E-state index contributed by atoms with van der Waals surface area (Å²) in [7, 11) is 0. The van der Waals surface area contributed by atoms with Gasteiger partial charge in [-0.25, -0.2) is 4.98 Å². The van der Waals surface area contributed by atoms with E-state index in [4.69, 9.17) is 5.73 Å². The summed E-state index contributed by atoms with van der Waals surface area (Å²) < 4.78 is 0. The van der Waals surface area contributed by atoms with E-state index in [-0.39, 0.29) is 37.0 Å². The number of nitrogens with one attached hydrogen (secondary N) is 2. The van der Waals surface area contributed by atoms with Gasteiger partial charge in [0.1, 0.15) is 17.8 Å². The lowest BCUT2D eigenvalue weighted by molar-refractivity contribution is -0.142. The van der Waals surface area contributed by atoms with Gasteiger partial charge in [-0.15, -0.1) is 21.5 Å². The summed E-state index contributed by atoms with van der Waals surface area (Å²) in [5.74, 6) is -1.07. The second-order valence-electron chi connectivity index (χ2n) is 14.0. The molecule has 6 rings (SSSR count). The van der Waals surface area contributed by atoms with Gasteiger partial charge in [0.25, 0.3) is 5.91 Å². The van der Waals surface area contributed by atoms with Gasteiger partial charge in [0.2, 0.25) is 11.8 Å². The van der Waals surface area contributed by atoms with Gasteiger partial charge in [-0.1, -0.05) is 69.3 Å². The number of β-amino-alcohol motifs (C(OH)–C–C–N with tert-alkyl or cyclic N) is 1. The summed E-state index contributed by atoms with van der Waals surface area (Å²) in [4.78, 5) is 47.9. The molecule has 0 bridgehead atoms. The summed E-state index contributed by atoms with van der Waals surface area (Å²) in [5.41, 5.74) is 12.6. The number of hydrogen-bond donors (Lipinski definition) is 5. The van der Waals surface area contributed by atoms with Crippen LogP contribution in [0.15, 0.2) is 84.4 Å². The highest BCUT2D eigenvalue weighted by Gasteiger charge is 2.44. The third-order valence-corrected chi connectivity index (χ3v) is 10.1. The van der Waals surface area contributed by atoms with Crippen LogP contribution in [0.2, 0.25) is 0 Å². The lowest BCUT2D eigenvalue weighted by atomic mass is 9.85. The summed E-state index contributed by atoms with van der Waals surface area (Å²) in [6.45, 7) is 7.69. The van der Waals surface area contributed by atoms with Crippen molar-refractivity contribution in [2.45, 2.75) is 58.8 Å². The third-order valence-electron chi connectivity index (χ3n) is 9.14. The summed E-state index contributed by atoms with van der Waals surface area (Å²) in [5, 5.41) is 34.9. The van der Waals surface area contributed by atoms with E-state index in [2.05, 4.69) is 25.8 Å². The van der Waals surface area contributed by atoms with Crippen molar-refractivity contribution in [2.24, 2.45) is 5.41 Å². The van der Waals surface area contributed by atoms with E-state index in [1.807, 2.05) is 57.5 Å². The Labute approximate surface area is 305 Å². The second kappa shape index (κ2) is 14.9. The van der Waals surface area contributed by atoms with Crippen LogP contribution in [0, 0.1) is 12.3 Å². The molecule has 52 heavy (non-hydrogen) atoms. The number of aliphatic hydroxyl groups is 1. The molecular weight excluding hydrogens is 679 g/mol. The van der Waals surface area contributed by atoms with Crippen LogP contribution in [-0.2, 0) is 16.1 Å². The largest absolute Gasteiger partial charge is 0.507 e. The van der Waals surface area contributed by atoms with Gasteiger partial charge in [-0.2, -0.15) is 0 Å². The highest BCUT2D eigenvalue weighted by molar-refractivity contribution is 7.13. The van der Waals surface area contributed by atoms with Gasteiger partial charge in [0.15, 0.2) is 5.82 Å². The predicted molar refractivity (Wildman–Crippen MR) is 200 cm³/mol. The molecule has 3 heterocycles. The van der Waals surface area contributed by atoms with E-state index in [1.165, 1.54) is 4.90 Å². The van der Waals surface area contributed by atoms with E-state index in [9.17, 15) is 24.6 Å². The topological polar surface area (TPSA) is 184 Å². The van der Waals surface area contributed by atoms with Gasteiger partial charge in [-0.3, -0.25) is 14.4 Å². The number of benzene rings is 3. The van der Waals surface area contributed by atoms with Crippen molar-refractivity contribution in [1.82, 2.24) is 30.7 Å². The number of phenolic OH excluding ortho intramolecular Hbond substituents is 1. The molecule has 0 radical (unpaired) electrons. The van der Waals surface area contributed by atoms with Gasteiger partial charge >= 0.3 is 0 Å². The van der Waals surface area contributed by atoms with E-state index in [1.54, 1.807) is 65.9 Å². The third kappa shape index (κ3) is 7.80. The molecule has 0 unspecified atom stereocenters. The minimum atomic E-state index is -0.996. The molecule has 3 aromatic carbocycles. The van der Waals surface area contributed by atoms with E-state index >= 15 is 0 Å². The zero-order valence-corrected chi connectivity index (χ0v) is 30.1. The quantitative estimate of drug-likeness (QED) is 0.141. The molecule has 5 aromatic rings. The highest BCUT2D eigenvalue weighted by Crippen LogP contribution is 2.33. The number of carbonyl (C=O) groups is 3. The number of rotatable bonds is 9. The number of para-hydroxylation sites is 1. The average Bonchev–Trinajstić information content (AvgIpc) is 3.74. The fraction of sp³-hybridized carbons (Fsp3) is 0.282. The van der Waals surface area contributed by atoms with Crippen LogP contribution >= 0.6 is 11.3 Å². The van der Waals surface area contributed by atoms with Crippen LogP contribution in [0.3, 0.4) is 0 Å². The zero-order valence-electron chi connectivity index (χ0n) is 29.3. The monoisotopic (exact) mass is 719 g/mol. The van der Waals surface area contributed by atoms with Crippen LogP contribution in [0.1, 0.15) is 48.8 Å². The minimum absolute atomic E-state index is 0.0267. The van der Waals surface area contributed by atoms with Crippen molar-refractivity contribution in [3.05, 3.63) is 101 Å². The number of amides is 3. The summed E-state index contributed by atoms with van der Waals surface area (Å²) in [6.07, 6.45) is -0.793. The molecule has 6 N–H and O–H groups in total. The second-order valence-corrected chi connectivity index (χ2v) is 14.8. The van der Waals surface area contributed by atoms with E-state index in [0.717, 1.165) is 21.7 Å². The Hall–Kier alpha value is -5.66. The Morgan fingerprint density at radius 3 is 2.33 bits per heavy atom. The maximum atomic E-state index is 14.1. The van der Waals surface area contributed by atoms with Gasteiger partial charge in [0.05, 0.1) is 27.9 Å². The Morgan fingerprint density at radius 1 is 0.981 bits per heavy atom. The number of phenols is 1. The number of likely N-dealkylation sites (tertiary alicyclic amines) is 1. The summed E-state index contributed by atoms with van der Waals surface area (Å²) in [6, 6.07) is 21.1. The van der Waals surface area contributed by atoms with Crippen LogP contribution in [0.4, 0.5) is 5.82 Å². The number of carbonyl (C=O) groups excluding carboxylic acids is 3. The molecule has 0 saturated carbocycles. The molecule has 3 atom stereocenters. The lowest BCUT2D eigenvalue weighted by Gasteiger charge is -2.35. The fourth-order valence-corrected chi connectivity index (χ4v) is 7.06. The first-order valence-electron chi connectivity index (χ1n) is 16.9. The first-order chi connectivity index (χ1) is 24.8. The van der Waals surface area contributed by atoms with Crippen molar-refractivity contribution in [3.63, 3.8) is 0 Å². The molecule has 2 aromatic heterocycles. The van der Waals surface area contributed by atoms with Gasteiger partial charge in [-0.05, 0) is 59.4 Å². The number of aromatic hydroxyl groups is 1. The Kier molecular flexibility index (Phi) is 10.4. The first kappa shape index (κ1) is 36.1. The zero-order chi connectivity index (χ0) is 37.2. The lowest BCUT2D eigenvalue weighted by Crippen LogP contribution is -2.57. The number of anilines is 1. The van der Waals surface area contributed by atoms with Gasteiger partial charge < -0.3 is 31.5 Å². The Balaban J connectivity index is 1.13. The Morgan fingerprint density at radius 2 is 1.67 bits per heavy atom. The van der Waals surface area contributed by atoms with Crippen molar-refractivity contribution in [2.75, 3.05) is 12.3 Å². The molecular formula is C39H41N7O5S.